The van der Waals surface area contributed by atoms with Gasteiger partial charge in [-0.05, 0) is 0 Å². The zero-order valence-corrected chi connectivity index (χ0v) is 10.2. The molecule has 113 valence electrons. The first-order chi connectivity index (χ1) is 8.07. The second kappa shape index (κ2) is 11.4. The van der Waals surface area contributed by atoms with Gasteiger partial charge in [0.1, 0.15) is 0 Å². The standard InChI is InChI=1S/2C4H6NO4.Cu/c2*5-2(4(8)9)1-3(6)7;/h2*2,5H,1H2,(H,6,7)(H,8,9);/q2*-1;+2/p-2. The Morgan fingerprint density at radius 2 is 1.05 bits per heavy atom. The Morgan fingerprint density at radius 1 is 0.842 bits per heavy atom. The summed E-state index contributed by atoms with van der Waals surface area (Å²) in [6.07, 6.45) is -1.41. The Labute approximate surface area is 117 Å². The number of carbonyl (C=O) groups excluding carboxylic acids is 2. The molecule has 0 bridgehead atoms. The Kier molecular flexibility index (Phi) is 13.5. The fraction of sp³-hybridized carbons (Fsp3) is 0.500. The molecule has 0 amide bonds. The molecule has 2 unspecified atom stereocenters. The maximum Gasteiger partial charge on any atom is 2.00 e. The monoisotopic (exact) mass is 325 g/mol. The second-order valence-electron chi connectivity index (χ2n) is 2.94. The molecule has 0 spiro atoms. The van der Waals surface area contributed by atoms with Gasteiger partial charge in [0.2, 0.25) is 0 Å². The fourth-order valence-electron chi connectivity index (χ4n) is 0.516. The van der Waals surface area contributed by atoms with Crippen molar-refractivity contribution in [2.24, 2.45) is 0 Å². The molecule has 0 aromatic carbocycles. The van der Waals surface area contributed by atoms with Crippen LogP contribution in [0.5, 0.6) is 0 Å². The molecule has 0 aliphatic heterocycles. The molecular weight excluding hydrogens is 316 g/mol. The van der Waals surface area contributed by atoms with E-state index in [0.717, 1.165) is 0 Å². The molecule has 0 saturated heterocycles. The maximum atomic E-state index is 9.70. The Balaban J connectivity index is -0.000000256. The Hall–Kier alpha value is -1.68. The number of hydrogen-bond donors (Lipinski definition) is 2. The SMILES string of the molecule is [Cu+2].[NH-]C(CC(=O)O)C(=O)[O-].[NH-]C(CC(=O)O)C(=O)[O-]. The summed E-state index contributed by atoms with van der Waals surface area (Å²) < 4.78 is 0. The van der Waals surface area contributed by atoms with E-state index in [0.29, 0.717) is 0 Å². The molecule has 0 aliphatic carbocycles. The molecule has 0 fully saturated rings. The predicted octanol–water partition coefficient (Wildman–Crippen LogP) is -2.74. The van der Waals surface area contributed by atoms with Gasteiger partial charge in [-0.3, -0.25) is 9.59 Å². The van der Waals surface area contributed by atoms with Gasteiger partial charge < -0.3 is 41.5 Å². The minimum Gasteiger partial charge on any atom is -0.669 e. The van der Waals surface area contributed by atoms with Gasteiger partial charge in [0.15, 0.2) is 0 Å². The predicted molar refractivity (Wildman–Crippen MR) is 50.7 cm³/mol. The van der Waals surface area contributed by atoms with Gasteiger partial charge in [0.25, 0.3) is 0 Å². The Bertz CT molecular complexity index is 303. The van der Waals surface area contributed by atoms with Crippen molar-refractivity contribution in [1.82, 2.24) is 0 Å². The van der Waals surface area contributed by atoms with Crippen LogP contribution in [0.2, 0.25) is 0 Å². The molecule has 0 rings (SSSR count). The quantitative estimate of drug-likeness (QED) is 0.489. The molecule has 11 heteroatoms. The van der Waals surface area contributed by atoms with E-state index < -0.39 is 48.8 Å². The van der Waals surface area contributed by atoms with Crippen molar-refractivity contribution >= 4 is 23.9 Å². The van der Waals surface area contributed by atoms with Crippen LogP contribution in [-0.4, -0.2) is 46.2 Å². The van der Waals surface area contributed by atoms with Crippen LogP contribution in [0.3, 0.4) is 0 Å². The molecule has 0 aliphatic rings. The van der Waals surface area contributed by atoms with Crippen LogP contribution in [0.4, 0.5) is 0 Å². The van der Waals surface area contributed by atoms with Crippen molar-refractivity contribution in [3.63, 3.8) is 0 Å². The minimum atomic E-state index is -1.66. The van der Waals surface area contributed by atoms with Crippen LogP contribution in [0.1, 0.15) is 12.8 Å². The normalized spacial score (nSPS) is 11.9. The Morgan fingerprint density at radius 3 is 1.11 bits per heavy atom. The molecule has 1 radical (unpaired) electrons. The summed E-state index contributed by atoms with van der Waals surface area (Å²) in [5.41, 5.74) is 13.0. The van der Waals surface area contributed by atoms with Crippen molar-refractivity contribution in [2.75, 3.05) is 0 Å². The summed E-state index contributed by atoms with van der Waals surface area (Å²) in [6.45, 7) is 0. The summed E-state index contributed by atoms with van der Waals surface area (Å²) in [5, 5.41) is 35.2. The summed E-state index contributed by atoms with van der Waals surface area (Å²) in [5.74, 6) is -5.92. The number of carboxylic acids is 4. The van der Waals surface area contributed by atoms with Gasteiger partial charge in [-0.15, -0.1) is 0 Å². The van der Waals surface area contributed by atoms with Crippen LogP contribution in [-0.2, 0) is 36.2 Å². The van der Waals surface area contributed by atoms with E-state index in [4.69, 9.17) is 21.7 Å². The van der Waals surface area contributed by atoms with E-state index >= 15 is 0 Å². The summed E-state index contributed by atoms with van der Waals surface area (Å²) in [6, 6.07) is -3.30. The van der Waals surface area contributed by atoms with Crippen LogP contribution in [0, 0.1) is 0 Å². The van der Waals surface area contributed by atoms with E-state index in [1.54, 1.807) is 0 Å². The summed E-state index contributed by atoms with van der Waals surface area (Å²) in [4.78, 5) is 38.8. The van der Waals surface area contributed by atoms with Gasteiger partial charge in [-0.1, -0.05) is 12.1 Å². The first-order valence-electron chi connectivity index (χ1n) is 4.35. The molecule has 0 saturated carbocycles. The smallest absolute Gasteiger partial charge is 0.669 e. The van der Waals surface area contributed by atoms with Crippen molar-refractivity contribution in [2.45, 2.75) is 24.9 Å². The molecule has 0 aromatic heterocycles. The number of carboxylic acid groups (broad SMARTS) is 4. The summed E-state index contributed by atoms with van der Waals surface area (Å²) in [7, 11) is 0. The second-order valence-corrected chi connectivity index (χ2v) is 2.94. The van der Waals surface area contributed by atoms with Gasteiger partial charge in [0, 0.05) is 24.8 Å². The van der Waals surface area contributed by atoms with Crippen LogP contribution in [0.25, 0.3) is 11.5 Å². The number of aliphatic carboxylic acids is 4. The van der Waals surface area contributed by atoms with Crippen LogP contribution >= 0.6 is 0 Å². The molecule has 4 N–H and O–H groups in total. The largest absolute Gasteiger partial charge is 2.00 e. The number of rotatable bonds is 6. The molecule has 19 heavy (non-hydrogen) atoms. The van der Waals surface area contributed by atoms with E-state index in [-0.39, 0.29) is 17.1 Å². The molecule has 2 atom stereocenters. The zero-order chi connectivity index (χ0) is 14.9. The third-order valence-corrected chi connectivity index (χ3v) is 1.33. The average molecular weight is 326 g/mol. The van der Waals surface area contributed by atoms with E-state index in [9.17, 15) is 29.4 Å². The molecule has 0 heterocycles. The van der Waals surface area contributed by atoms with E-state index in [1.807, 2.05) is 0 Å². The van der Waals surface area contributed by atoms with Crippen molar-refractivity contribution < 1.29 is 56.7 Å². The van der Waals surface area contributed by atoms with Crippen molar-refractivity contribution in [3.8, 4) is 0 Å². The van der Waals surface area contributed by atoms with E-state index in [1.165, 1.54) is 0 Å². The molecule has 0 aromatic rings. The van der Waals surface area contributed by atoms with E-state index in [2.05, 4.69) is 0 Å². The number of hydrogen-bond acceptors (Lipinski definition) is 6. The van der Waals surface area contributed by atoms with Crippen LogP contribution in [0.15, 0.2) is 0 Å². The fourth-order valence-corrected chi connectivity index (χ4v) is 0.516. The van der Waals surface area contributed by atoms with Gasteiger partial charge >= 0.3 is 29.0 Å². The van der Waals surface area contributed by atoms with Crippen LogP contribution < -0.4 is 10.2 Å². The third-order valence-electron chi connectivity index (χ3n) is 1.33. The first kappa shape index (κ1) is 22.5. The zero-order valence-electron chi connectivity index (χ0n) is 9.21. The maximum absolute atomic E-state index is 9.70. The first-order valence-corrected chi connectivity index (χ1v) is 4.35. The minimum absolute atomic E-state index is 0. The topological polar surface area (TPSA) is 202 Å². The van der Waals surface area contributed by atoms with Gasteiger partial charge in [-0.25, -0.2) is 0 Å². The van der Waals surface area contributed by atoms with Gasteiger partial charge in [-0.2, -0.15) is 0 Å². The van der Waals surface area contributed by atoms with Crippen molar-refractivity contribution in [1.29, 1.82) is 0 Å². The summed E-state index contributed by atoms with van der Waals surface area (Å²) >= 11 is 0. The van der Waals surface area contributed by atoms with Gasteiger partial charge in [0.05, 0.1) is 0 Å². The molecule has 10 nitrogen and oxygen atoms in total. The third kappa shape index (κ3) is 16.3. The molecular formula is C8H10CuN2O8-2. The van der Waals surface area contributed by atoms with Crippen molar-refractivity contribution in [3.05, 3.63) is 11.5 Å². The average Bonchev–Trinajstić information content (AvgIpc) is 2.16. The number of nitrogens with one attached hydrogen (secondary N) is 2. The number of carbonyl (C=O) groups is 4.